The maximum atomic E-state index is 12.8. The Bertz CT molecular complexity index is 688. The van der Waals surface area contributed by atoms with Crippen LogP contribution in [0.5, 0.6) is 0 Å². The molecule has 0 bridgehead atoms. The quantitative estimate of drug-likeness (QED) is 0.479. The molecule has 22 heavy (non-hydrogen) atoms. The van der Waals surface area contributed by atoms with Gasteiger partial charge in [0, 0.05) is 0 Å². The summed E-state index contributed by atoms with van der Waals surface area (Å²) in [5.74, 6) is -2.09. The van der Waals surface area contributed by atoms with E-state index >= 15 is 0 Å². The van der Waals surface area contributed by atoms with Gasteiger partial charge in [-0.05, 0) is 23.7 Å². The van der Waals surface area contributed by atoms with Gasteiger partial charge in [0.2, 0.25) is 11.8 Å². The average molecular weight is 313 g/mol. The van der Waals surface area contributed by atoms with E-state index in [0.717, 1.165) is 5.20 Å². The zero-order chi connectivity index (χ0) is 16.1. The van der Waals surface area contributed by atoms with E-state index < -0.39 is 19.9 Å². The molecule has 0 radical (unpaired) electrons. The first-order valence-corrected chi connectivity index (χ1v) is 11.0. The Kier molecular flexibility index (Phi) is 3.40. The van der Waals surface area contributed by atoms with Crippen molar-refractivity contribution in [2.75, 3.05) is 4.90 Å². The van der Waals surface area contributed by atoms with Crippen molar-refractivity contribution in [1.82, 2.24) is 0 Å². The maximum absolute atomic E-state index is 12.8. The van der Waals surface area contributed by atoms with Crippen LogP contribution in [0.15, 0.2) is 41.6 Å². The molecule has 0 unspecified atom stereocenters. The summed E-state index contributed by atoms with van der Waals surface area (Å²) >= 11 is 0. The monoisotopic (exact) mass is 313 g/mol. The van der Waals surface area contributed by atoms with Crippen LogP contribution in [0.2, 0.25) is 19.6 Å². The molecule has 5 heteroatoms. The second-order valence-electron chi connectivity index (χ2n) is 6.90. The van der Waals surface area contributed by atoms with E-state index in [1.807, 2.05) is 12.1 Å². The minimum atomic E-state index is -1.80. The zero-order valence-corrected chi connectivity index (χ0v) is 14.0. The second kappa shape index (κ2) is 5.02. The number of anilines is 1. The third kappa shape index (κ3) is 2.16. The minimum absolute atomic E-state index is 0.132. The van der Waals surface area contributed by atoms with Gasteiger partial charge in [0.15, 0.2) is 5.78 Å². The molecule has 0 spiro atoms. The Balaban J connectivity index is 1.99. The molecule has 2 atom stereocenters. The van der Waals surface area contributed by atoms with E-state index in [1.54, 1.807) is 24.3 Å². The fourth-order valence-corrected chi connectivity index (χ4v) is 4.91. The molecule has 1 fully saturated rings. The molecule has 1 aliphatic carbocycles. The van der Waals surface area contributed by atoms with Gasteiger partial charge < -0.3 is 0 Å². The lowest BCUT2D eigenvalue weighted by atomic mass is 9.84. The first kappa shape index (κ1) is 14.9. The summed E-state index contributed by atoms with van der Waals surface area (Å²) in [6.45, 7) is 6.27. The molecule has 0 N–H and O–H groups in total. The molecule has 1 aromatic rings. The normalized spacial score (nSPS) is 25.3. The Morgan fingerprint density at radius 1 is 1.00 bits per heavy atom. The molecule has 1 aliphatic heterocycles. The average Bonchev–Trinajstić information content (AvgIpc) is 2.71. The number of allylic oxidation sites excluding steroid dienone is 2. The Labute approximate surface area is 130 Å². The molecular formula is C17H19NO3Si. The fraction of sp³-hybridized carbons (Fsp3) is 0.353. The van der Waals surface area contributed by atoms with Gasteiger partial charge in [-0.15, -0.1) is 0 Å². The van der Waals surface area contributed by atoms with Gasteiger partial charge in [0.25, 0.3) is 0 Å². The highest BCUT2D eigenvalue weighted by Gasteiger charge is 2.54. The van der Waals surface area contributed by atoms with E-state index in [1.165, 1.54) is 4.90 Å². The zero-order valence-electron chi connectivity index (χ0n) is 13.0. The number of carbonyl (C=O) groups excluding carboxylic acids is 3. The van der Waals surface area contributed by atoms with Gasteiger partial charge in [0.05, 0.1) is 19.7 Å². The molecule has 3 rings (SSSR count). The van der Waals surface area contributed by atoms with Crippen LogP contribution in [0.3, 0.4) is 0 Å². The minimum Gasteiger partial charge on any atom is -0.294 e. The molecule has 114 valence electrons. The predicted molar refractivity (Wildman–Crippen MR) is 87.0 cm³/mol. The Hall–Kier alpha value is -2.01. The van der Waals surface area contributed by atoms with Crippen LogP contribution in [-0.2, 0) is 14.4 Å². The molecule has 2 aliphatic rings. The summed E-state index contributed by atoms with van der Waals surface area (Å²) in [6.07, 6.45) is 2.39. The topological polar surface area (TPSA) is 54.5 Å². The summed E-state index contributed by atoms with van der Waals surface area (Å²) in [6, 6.07) is 8.85. The molecular weight excluding hydrogens is 294 g/mol. The van der Waals surface area contributed by atoms with Gasteiger partial charge in [-0.2, -0.15) is 0 Å². The number of rotatable bonds is 2. The van der Waals surface area contributed by atoms with Crippen molar-refractivity contribution in [3.05, 3.63) is 41.6 Å². The number of benzene rings is 1. The number of amides is 2. The van der Waals surface area contributed by atoms with Crippen LogP contribution in [0.25, 0.3) is 0 Å². The van der Waals surface area contributed by atoms with Crippen molar-refractivity contribution in [3.63, 3.8) is 0 Å². The van der Waals surface area contributed by atoms with Gasteiger partial charge in [0.1, 0.15) is 5.92 Å². The molecule has 4 nitrogen and oxygen atoms in total. The van der Waals surface area contributed by atoms with E-state index in [4.69, 9.17) is 0 Å². The van der Waals surface area contributed by atoms with Crippen LogP contribution >= 0.6 is 0 Å². The lowest BCUT2D eigenvalue weighted by Gasteiger charge is -2.27. The number of hydrogen-bond donors (Lipinski definition) is 0. The fourth-order valence-electron chi connectivity index (χ4n) is 3.28. The molecule has 1 heterocycles. The van der Waals surface area contributed by atoms with Crippen molar-refractivity contribution < 1.29 is 14.4 Å². The lowest BCUT2D eigenvalue weighted by Crippen LogP contribution is -2.40. The third-order valence-electron chi connectivity index (χ3n) is 4.37. The number of ketones is 1. The van der Waals surface area contributed by atoms with E-state index in [2.05, 4.69) is 19.6 Å². The Morgan fingerprint density at radius 3 is 2.23 bits per heavy atom. The molecule has 1 aromatic carbocycles. The van der Waals surface area contributed by atoms with Crippen molar-refractivity contribution in [1.29, 1.82) is 0 Å². The van der Waals surface area contributed by atoms with Crippen LogP contribution in [0, 0.1) is 11.8 Å². The van der Waals surface area contributed by atoms with Gasteiger partial charge >= 0.3 is 0 Å². The first-order chi connectivity index (χ1) is 10.3. The Morgan fingerprint density at radius 2 is 1.64 bits per heavy atom. The van der Waals surface area contributed by atoms with E-state index in [-0.39, 0.29) is 17.6 Å². The number of para-hydroxylation sites is 1. The number of Topliss-reactive ketones (excluding diaryl/α,β-unsaturated/α-hetero) is 1. The van der Waals surface area contributed by atoms with Crippen LogP contribution in [-0.4, -0.2) is 25.7 Å². The SMILES string of the molecule is C[Si](C)(C)C1=CC[C@H]2C(=O)N(c3ccccc3)C(=O)[C@@H]2C1=O. The van der Waals surface area contributed by atoms with Crippen molar-refractivity contribution in [2.45, 2.75) is 26.1 Å². The van der Waals surface area contributed by atoms with Gasteiger partial charge in [-0.1, -0.05) is 43.9 Å². The third-order valence-corrected chi connectivity index (χ3v) is 6.44. The lowest BCUT2D eigenvalue weighted by molar-refractivity contribution is -0.130. The number of imide groups is 1. The largest absolute Gasteiger partial charge is 0.294 e. The number of carbonyl (C=O) groups is 3. The maximum Gasteiger partial charge on any atom is 0.245 e. The van der Waals surface area contributed by atoms with Crippen LogP contribution in [0.1, 0.15) is 6.42 Å². The number of hydrogen-bond acceptors (Lipinski definition) is 3. The first-order valence-electron chi connectivity index (χ1n) is 7.50. The molecule has 0 aromatic heterocycles. The second-order valence-corrected chi connectivity index (χ2v) is 11.9. The summed E-state index contributed by atoms with van der Waals surface area (Å²) in [5, 5.41) is 0.796. The van der Waals surface area contributed by atoms with E-state index in [0.29, 0.717) is 12.1 Å². The number of fused-ring (bicyclic) bond motifs is 1. The van der Waals surface area contributed by atoms with Crippen molar-refractivity contribution >= 4 is 31.4 Å². The van der Waals surface area contributed by atoms with E-state index in [9.17, 15) is 14.4 Å². The van der Waals surface area contributed by atoms with Gasteiger partial charge in [-0.25, -0.2) is 4.90 Å². The highest BCUT2D eigenvalue weighted by molar-refractivity contribution is 6.87. The highest BCUT2D eigenvalue weighted by atomic mass is 28.3. The van der Waals surface area contributed by atoms with Crippen molar-refractivity contribution in [3.8, 4) is 0 Å². The summed E-state index contributed by atoms with van der Waals surface area (Å²) < 4.78 is 0. The molecule has 2 amide bonds. The number of nitrogens with zero attached hydrogens (tertiary/aromatic N) is 1. The molecule has 1 saturated heterocycles. The van der Waals surface area contributed by atoms with Crippen LogP contribution < -0.4 is 4.90 Å². The standard InChI is InChI=1S/C17H19NO3Si/c1-22(2,3)13-10-9-12-14(15(13)19)17(21)18(16(12)20)11-7-5-4-6-8-11/h4-8,10,12,14H,9H2,1-3H3/t12-,14+/m1/s1. The highest BCUT2D eigenvalue weighted by Crippen LogP contribution is 2.39. The summed E-state index contributed by atoms with van der Waals surface area (Å²) in [4.78, 5) is 39.2. The van der Waals surface area contributed by atoms with Gasteiger partial charge in [-0.3, -0.25) is 14.4 Å². The molecule has 0 saturated carbocycles. The van der Waals surface area contributed by atoms with Crippen molar-refractivity contribution in [2.24, 2.45) is 11.8 Å². The summed E-state index contributed by atoms with van der Waals surface area (Å²) in [5.41, 5.74) is 0.550. The summed E-state index contributed by atoms with van der Waals surface area (Å²) in [7, 11) is -1.80. The smallest absolute Gasteiger partial charge is 0.245 e. The predicted octanol–water partition coefficient (Wildman–Crippen LogP) is 2.57. The van der Waals surface area contributed by atoms with Crippen LogP contribution in [0.4, 0.5) is 5.69 Å².